The van der Waals surface area contributed by atoms with Crippen molar-refractivity contribution in [1.29, 1.82) is 0 Å². The summed E-state index contributed by atoms with van der Waals surface area (Å²) in [6.45, 7) is 6.91. The summed E-state index contributed by atoms with van der Waals surface area (Å²) < 4.78 is 0. The van der Waals surface area contributed by atoms with Gasteiger partial charge >= 0.3 is 0 Å². The first-order valence-corrected chi connectivity index (χ1v) is 7.92. The highest BCUT2D eigenvalue weighted by Gasteiger charge is 2.26. The highest BCUT2D eigenvalue weighted by Crippen LogP contribution is 2.37. The zero-order chi connectivity index (χ0) is 14.0. The topological polar surface area (TPSA) is 41.6 Å². The van der Waals surface area contributed by atoms with Gasteiger partial charge in [-0.05, 0) is 0 Å². The Balaban J connectivity index is 2.45. The van der Waals surface area contributed by atoms with E-state index in [-0.39, 0.29) is 5.31 Å². The number of unbranched alkanes of at least 4 members (excludes halogenated alkanes) is 5. The smallest absolute Gasteiger partial charge is 0.189 e. The molecule has 1 radical (unpaired) electrons. The van der Waals surface area contributed by atoms with Gasteiger partial charge in [0.25, 0.3) is 0 Å². The van der Waals surface area contributed by atoms with Crippen LogP contribution in [0.25, 0.3) is 0 Å². The predicted octanol–water partition coefficient (Wildman–Crippen LogP) is 3.86. The molecule has 19 heavy (non-hydrogen) atoms. The standard InChI is InChI=1S/C15H29BN3/c1-4-6-8-10-12-15(3,11-9-7-5-2)16-14-13-17-19-18-14/h13H,4-12H2,1-3H3,(H,17,18,19). The van der Waals surface area contributed by atoms with Crippen molar-refractivity contribution in [2.75, 3.05) is 0 Å². The zero-order valence-corrected chi connectivity index (χ0v) is 12.9. The molecular weight excluding hydrogens is 233 g/mol. The maximum Gasteiger partial charge on any atom is 0.189 e. The molecule has 1 rings (SSSR count). The summed E-state index contributed by atoms with van der Waals surface area (Å²) in [5.74, 6) is 0. The van der Waals surface area contributed by atoms with Crippen molar-refractivity contribution >= 4 is 12.9 Å². The largest absolute Gasteiger partial charge is 0.199 e. The van der Waals surface area contributed by atoms with Gasteiger partial charge in [-0.3, -0.25) is 0 Å². The lowest BCUT2D eigenvalue weighted by Crippen LogP contribution is -2.29. The lowest BCUT2D eigenvalue weighted by Gasteiger charge is -2.28. The number of aromatic nitrogens is 3. The second kappa shape index (κ2) is 9.16. The van der Waals surface area contributed by atoms with E-state index in [4.69, 9.17) is 0 Å². The van der Waals surface area contributed by atoms with Crippen LogP contribution < -0.4 is 5.59 Å². The van der Waals surface area contributed by atoms with E-state index >= 15 is 0 Å². The molecule has 0 aliphatic carbocycles. The van der Waals surface area contributed by atoms with E-state index in [0.717, 1.165) is 5.59 Å². The Morgan fingerprint density at radius 2 is 1.68 bits per heavy atom. The molecule has 1 unspecified atom stereocenters. The first-order chi connectivity index (χ1) is 9.20. The molecule has 1 aromatic heterocycles. The number of hydrogen-bond acceptors (Lipinski definition) is 2. The summed E-state index contributed by atoms with van der Waals surface area (Å²) in [7, 11) is 2.32. The minimum absolute atomic E-state index is 0.278. The highest BCUT2D eigenvalue weighted by atomic mass is 15.3. The summed E-state index contributed by atoms with van der Waals surface area (Å²) in [6.07, 6.45) is 13.6. The van der Waals surface area contributed by atoms with Crippen LogP contribution in [0.4, 0.5) is 0 Å². The van der Waals surface area contributed by atoms with Gasteiger partial charge in [0.05, 0.1) is 6.20 Å². The second-order valence-corrected chi connectivity index (χ2v) is 5.96. The monoisotopic (exact) mass is 262 g/mol. The molecule has 1 aromatic rings. The first-order valence-electron chi connectivity index (χ1n) is 7.92. The van der Waals surface area contributed by atoms with E-state index in [1.54, 1.807) is 0 Å². The molecule has 0 fully saturated rings. The van der Waals surface area contributed by atoms with Crippen LogP contribution >= 0.6 is 0 Å². The third-order valence-electron chi connectivity index (χ3n) is 3.88. The van der Waals surface area contributed by atoms with E-state index in [0.29, 0.717) is 0 Å². The molecule has 1 N–H and O–H groups in total. The summed E-state index contributed by atoms with van der Waals surface area (Å²) in [6, 6.07) is 0. The molecule has 0 bridgehead atoms. The van der Waals surface area contributed by atoms with Gasteiger partial charge in [0.15, 0.2) is 7.28 Å². The normalized spacial score (nSPS) is 14.3. The Labute approximate surface area is 119 Å². The molecule has 0 amide bonds. The van der Waals surface area contributed by atoms with Crippen molar-refractivity contribution in [2.24, 2.45) is 0 Å². The third kappa shape index (κ3) is 6.79. The quantitative estimate of drug-likeness (QED) is 0.486. The van der Waals surface area contributed by atoms with E-state index in [9.17, 15) is 0 Å². The summed E-state index contributed by atoms with van der Waals surface area (Å²) in [4.78, 5) is 0. The Hall–Kier alpha value is -0.795. The van der Waals surface area contributed by atoms with Gasteiger partial charge in [-0.2, -0.15) is 15.4 Å². The molecule has 107 valence electrons. The van der Waals surface area contributed by atoms with Crippen molar-refractivity contribution in [3.63, 3.8) is 0 Å². The third-order valence-corrected chi connectivity index (χ3v) is 3.88. The molecule has 3 nitrogen and oxygen atoms in total. The van der Waals surface area contributed by atoms with Gasteiger partial charge in [-0.1, -0.05) is 83.9 Å². The molecule has 0 aromatic carbocycles. The zero-order valence-electron chi connectivity index (χ0n) is 12.9. The van der Waals surface area contributed by atoms with Crippen molar-refractivity contribution in [1.82, 2.24) is 15.4 Å². The summed E-state index contributed by atoms with van der Waals surface area (Å²) in [5.41, 5.74) is 0.995. The first kappa shape index (κ1) is 16.3. The number of H-pyrrole nitrogens is 1. The van der Waals surface area contributed by atoms with Crippen LogP contribution in [0.1, 0.15) is 78.6 Å². The molecule has 0 aliphatic rings. The Kier molecular flexibility index (Phi) is 7.84. The van der Waals surface area contributed by atoms with Crippen molar-refractivity contribution < 1.29 is 0 Å². The van der Waals surface area contributed by atoms with Crippen LogP contribution in [0.15, 0.2) is 6.20 Å². The second-order valence-electron chi connectivity index (χ2n) is 5.96. The fraction of sp³-hybridized carbons (Fsp3) is 0.867. The van der Waals surface area contributed by atoms with E-state index in [1.807, 2.05) is 6.20 Å². The average Bonchev–Trinajstić information content (AvgIpc) is 2.88. The van der Waals surface area contributed by atoms with Gasteiger partial charge in [0.2, 0.25) is 0 Å². The SMILES string of the molecule is CCCCCCC(C)([B]c1cn[nH]n1)CCCCC. The van der Waals surface area contributed by atoms with E-state index in [1.165, 1.54) is 57.8 Å². The van der Waals surface area contributed by atoms with Crippen LogP contribution in [-0.4, -0.2) is 22.7 Å². The van der Waals surface area contributed by atoms with E-state index in [2.05, 4.69) is 43.5 Å². The van der Waals surface area contributed by atoms with Gasteiger partial charge in [-0.25, -0.2) is 0 Å². The molecule has 0 aliphatic heterocycles. The maximum atomic E-state index is 4.18. The summed E-state index contributed by atoms with van der Waals surface area (Å²) in [5, 5.41) is 11.1. The van der Waals surface area contributed by atoms with E-state index < -0.39 is 0 Å². The fourth-order valence-corrected chi connectivity index (χ4v) is 2.64. The Bertz CT molecular complexity index is 313. The Morgan fingerprint density at radius 1 is 1.05 bits per heavy atom. The molecule has 0 spiro atoms. The van der Waals surface area contributed by atoms with Crippen LogP contribution in [0, 0.1) is 0 Å². The van der Waals surface area contributed by atoms with Crippen molar-refractivity contribution in [2.45, 2.75) is 83.9 Å². The van der Waals surface area contributed by atoms with Crippen LogP contribution in [0.5, 0.6) is 0 Å². The van der Waals surface area contributed by atoms with Gasteiger partial charge < -0.3 is 0 Å². The van der Waals surface area contributed by atoms with Crippen LogP contribution in [0.3, 0.4) is 0 Å². The average molecular weight is 262 g/mol. The predicted molar refractivity (Wildman–Crippen MR) is 83.0 cm³/mol. The minimum Gasteiger partial charge on any atom is -0.199 e. The van der Waals surface area contributed by atoms with Crippen LogP contribution in [0.2, 0.25) is 5.31 Å². The fourth-order valence-electron chi connectivity index (χ4n) is 2.64. The van der Waals surface area contributed by atoms with Crippen molar-refractivity contribution in [3.05, 3.63) is 6.20 Å². The molecule has 4 heteroatoms. The molecule has 0 saturated carbocycles. The molecule has 0 saturated heterocycles. The lowest BCUT2D eigenvalue weighted by atomic mass is 9.48. The molecule has 1 heterocycles. The minimum atomic E-state index is 0.278. The number of nitrogens with zero attached hydrogens (tertiary/aromatic N) is 2. The highest BCUT2D eigenvalue weighted by molar-refractivity contribution is 6.55. The summed E-state index contributed by atoms with van der Waals surface area (Å²) >= 11 is 0. The number of nitrogens with one attached hydrogen (secondary N) is 1. The number of rotatable bonds is 11. The van der Waals surface area contributed by atoms with Crippen LogP contribution in [-0.2, 0) is 0 Å². The van der Waals surface area contributed by atoms with Crippen molar-refractivity contribution in [3.8, 4) is 0 Å². The Morgan fingerprint density at radius 3 is 2.26 bits per heavy atom. The lowest BCUT2D eigenvalue weighted by molar-refractivity contribution is 0.455. The van der Waals surface area contributed by atoms with Gasteiger partial charge in [-0.15, -0.1) is 0 Å². The maximum absolute atomic E-state index is 4.18. The number of hydrogen-bond donors (Lipinski definition) is 1. The van der Waals surface area contributed by atoms with Gasteiger partial charge in [0.1, 0.15) is 0 Å². The molecule has 1 atom stereocenters. The van der Waals surface area contributed by atoms with Gasteiger partial charge in [0, 0.05) is 5.59 Å². The molecular formula is C15H29BN3. The number of aromatic amines is 1.